The van der Waals surface area contributed by atoms with Crippen molar-refractivity contribution < 1.29 is 9.90 Å². The molecule has 0 atom stereocenters. The summed E-state index contributed by atoms with van der Waals surface area (Å²) in [5.74, 6) is 0.0162. The van der Waals surface area contributed by atoms with Gasteiger partial charge in [0.2, 0.25) is 0 Å². The highest BCUT2D eigenvalue weighted by Crippen LogP contribution is 2.15. The first-order chi connectivity index (χ1) is 8.76. The molecule has 96 valence electrons. The topological polar surface area (TPSA) is 56.3 Å². The molecule has 18 heavy (non-hydrogen) atoms. The van der Waals surface area contributed by atoms with Crippen LogP contribution in [0.2, 0.25) is 0 Å². The van der Waals surface area contributed by atoms with Gasteiger partial charge >= 0.3 is 0 Å². The average molecular weight is 246 g/mol. The molecule has 2 N–H and O–H groups in total. The summed E-state index contributed by atoms with van der Waals surface area (Å²) in [6.45, 7) is 3.30. The fourth-order valence-electron chi connectivity index (χ4n) is 2.03. The zero-order valence-corrected chi connectivity index (χ0v) is 10.5. The lowest BCUT2D eigenvalue weighted by atomic mass is 10.1. The van der Waals surface area contributed by atoms with E-state index in [1.165, 1.54) is 0 Å². The van der Waals surface area contributed by atoms with Gasteiger partial charge in [0.25, 0.3) is 5.91 Å². The number of nitrogens with one attached hydrogen (secondary N) is 1. The number of H-pyrrole nitrogens is 1. The third kappa shape index (κ3) is 2.54. The lowest BCUT2D eigenvalue weighted by Gasteiger charge is -2.20. The Bertz CT molecular complexity index is 533. The lowest BCUT2D eigenvalue weighted by Crippen LogP contribution is -2.32. The number of carbonyl (C=O) groups excluding carboxylic acids is 1. The van der Waals surface area contributed by atoms with Gasteiger partial charge in [0, 0.05) is 37.0 Å². The molecule has 4 heteroatoms. The van der Waals surface area contributed by atoms with Gasteiger partial charge in [0.1, 0.15) is 0 Å². The van der Waals surface area contributed by atoms with Crippen molar-refractivity contribution >= 4 is 16.8 Å². The Hall–Kier alpha value is -1.81. The Balaban J connectivity index is 2.20. The first-order valence-electron chi connectivity index (χ1n) is 6.23. The van der Waals surface area contributed by atoms with E-state index in [1.807, 2.05) is 37.4 Å². The van der Waals surface area contributed by atoms with E-state index < -0.39 is 0 Å². The minimum absolute atomic E-state index is 0.0162. The Morgan fingerprint density at radius 2 is 2.22 bits per heavy atom. The predicted molar refractivity (Wildman–Crippen MR) is 71.6 cm³/mol. The van der Waals surface area contributed by atoms with Crippen LogP contribution in [0.1, 0.15) is 23.7 Å². The normalized spacial score (nSPS) is 10.8. The van der Waals surface area contributed by atoms with Gasteiger partial charge in [-0.3, -0.25) is 4.79 Å². The van der Waals surface area contributed by atoms with Crippen LogP contribution in [0.15, 0.2) is 30.5 Å². The van der Waals surface area contributed by atoms with E-state index in [1.54, 1.807) is 4.90 Å². The Kier molecular flexibility index (Phi) is 3.99. The summed E-state index contributed by atoms with van der Waals surface area (Å²) in [7, 11) is 0. The van der Waals surface area contributed by atoms with Gasteiger partial charge < -0.3 is 15.0 Å². The quantitative estimate of drug-likeness (QED) is 0.848. The molecular formula is C14H18N2O2. The highest BCUT2D eigenvalue weighted by atomic mass is 16.3. The third-order valence-corrected chi connectivity index (χ3v) is 3.06. The monoisotopic (exact) mass is 246 g/mol. The molecule has 0 spiro atoms. The largest absolute Gasteiger partial charge is 0.396 e. The molecule has 0 unspecified atom stereocenters. The van der Waals surface area contributed by atoms with Crippen LogP contribution in [0.25, 0.3) is 10.9 Å². The minimum atomic E-state index is 0.0162. The van der Waals surface area contributed by atoms with Gasteiger partial charge in [-0.15, -0.1) is 0 Å². The van der Waals surface area contributed by atoms with Gasteiger partial charge in [-0.1, -0.05) is 6.07 Å². The molecule has 1 aromatic heterocycles. The molecule has 0 radical (unpaired) electrons. The summed E-state index contributed by atoms with van der Waals surface area (Å²) in [6.07, 6.45) is 2.48. The smallest absolute Gasteiger partial charge is 0.253 e. The maximum Gasteiger partial charge on any atom is 0.253 e. The first-order valence-corrected chi connectivity index (χ1v) is 6.23. The summed E-state index contributed by atoms with van der Waals surface area (Å²) < 4.78 is 0. The number of hydrogen-bond acceptors (Lipinski definition) is 2. The zero-order valence-electron chi connectivity index (χ0n) is 10.5. The summed E-state index contributed by atoms with van der Waals surface area (Å²) >= 11 is 0. The second kappa shape index (κ2) is 5.69. The molecule has 0 saturated carbocycles. The Morgan fingerprint density at radius 1 is 1.39 bits per heavy atom. The van der Waals surface area contributed by atoms with Crippen LogP contribution in [0.3, 0.4) is 0 Å². The molecule has 0 bridgehead atoms. The van der Waals surface area contributed by atoms with Gasteiger partial charge in [-0.2, -0.15) is 0 Å². The van der Waals surface area contributed by atoms with Crippen LogP contribution < -0.4 is 0 Å². The fraction of sp³-hybridized carbons (Fsp3) is 0.357. The number of nitrogens with zero attached hydrogens (tertiary/aromatic N) is 1. The first kappa shape index (κ1) is 12.6. The second-order valence-corrected chi connectivity index (χ2v) is 4.24. The van der Waals surface area contributed by atoms with E-state index in [0.29, 0.717) is 25.1 Å². The van der Waals surface area contributed by atoms with E-state index in [4.69, 9.17) is 5.11 Å². The number of rotatable bonds is 5. The summed E-state index contributed by atoms with van der Waals surface area (Å²) in [5.41, 5.74) is 1.66. The van der Waals surface area contributed by atoms with Crippen molar-refractivity contribution in [2.75, 3.05) is 19.7 Å². The molecule has 1 heterocycles. The average Bonchev–Trinajstić information content (AvgIpc) is 2.86. The van der Waals surface area contributed by atoms with Crippen LogP contribution >= 0.6 is 0 Å². The number of amides is 1. The number of hydrogen-bond donors (Lipinski definition) is 2. The predicted octanol–water partition coefficient (Wildman–Crippen LogP) is 2.01. The van der Waals surface area contributed by atoms with Crippen molar-refractivity contribution in [3.8, 4) is 0 Å². The fourth-order valence-corrected chi connectivity index (χ4v) is 2.03. The van der Waals surface area contributed by atoms with Gasteiger partial charge in [0.15, 0.2) is 0 Å². The van der Waals surface area contributed by atoms with E-state index in [-0.39, 0.29) is 12.5 Å². The highest BCUT2D eigenvalue weighted by Gasteiger charge is 2.14. The molecule has 0 aliphatic carbocycles. The zero-order chi connectivity index (χ0) is 13.0. The Morgan fingerprint density at radius 3 is 2.94 bits per heavy atom. The molecule has 2 rings (SSSR count). The van der Waals surface area contributed by atoms with Crippen molar-refractivity contribution in [3.63, 3.8) is 0 Å². The third-order valence-electron chi connectivity index (χ3n) is 3.06. The summed E-state index contributed by atoms with van der Waals surface area (Å²) in [4.78, 5) is 17.1. The molecule has 0 saturated heterocycles. The van der Waals surface area contributed by atoms with Gasteiger partial charge in [-0.25, -0.2) is 0 Å². The molecule has 2 aromatic rings. The molecule has 0 aliphatic heterocycles. The number of benzene rings is 1. The van der Waals surface area contributed by atoms with Crippen LogP contribution in [0.5, 0.6) is 0 Å². The van der Waals surface area contributed by atoms with Crippen LogP contribution in [0, 0.1) is 0 Å². The number of carbonyl (C=O) groups is 1. The summed E-state index contributed by atoms with van der Waals surface area (Å²) in [5, 5.41) is 9.94. The van der Waals surface area contributed by atoms with Crippen LogP contribution in [-0.2, 0) is 0 Å². The van der Waals surface area contributed by atoms with Crippen molar-refractivity contribution in [1.82, 2.24) is 9.88 Å². The lowest BCUT2D eigenvalue weighted by molar-refractivity contribution is 0.0754. The van der Waals surface area contributed by atoms with Gasteiger partial charge in [0.05, 0.1) is 0 Å². The van der Waals surface area contributed by atoms with E-state index in [9.17, 15) is 4.79 Å². The van der Waals surface area contributed by atoms with Crippen molar-refractivity contribution in [1.29, 1.82) is 0 Å². The molecule has 0 fully saturated rings. The maximum absolute atomic E-state index is 12.3. The summed E-state index contributed by atoms with van der Waals surface area (Å²) in [6, 6.07) is 7.64. The molecule has 4 nitrogen and oxygen atoms in total. The second-order valence-electron chi connectivity index (χ2n) is 4.24. The maximum atomic E-state index is 12.3. The minimum Gasteiger partial charge on any atom is -0.396 e. The standard InChI is InChI=1S/C14H18N2O2/c1-2-16(8-3-9-17)14(18)12-5-4-11-6-7-15-13(11)10-12/h4-7,10,15,17H,2-3,8-9H2,1H3. The number of aliphatic hydroxyl groups is 1. The number of aromatic nitrogens is 1. The molecule has 0 aliphatic rings. The SMILES string of the molecule is CCN(CCCO)C(=O)c1ccc2cc[nH]c2c1. The molecule has 1 amide bonds. The van der Waals surface area contributed by atoms with E-state index in [0.717, 1.165) is 10.9 Å². The number of fused-ring (bicyclic) bond motifs is 1. The van der Waals surface area contributed by atoms with E-state index in [2.05, 4.69) is 4.98 Å². The van der Waals surface area contributed by atoms with Gasteiger partial charge in [-0.05, 0) is 36.9 Å². The number of aliphatic hydroxyl groups excluding tert-OH is 1. The van der Waals surface area contributed by atoms with Crippen molar-refractivity contribution in [2.45, 2.75) is 13.3 Å². The number of aromatic amines is 1. The van der Waals surface area contributed by atoms with Crippen molar-refractivity contribution in [2.24, 2.45) is 0 Å². The van der Waals surface area contributed by atoms with E-state index >= 15 is 0 Å². The van der Waals surface area contributed by atoms with Crippen LogP contribution in [0.4, 0.5) is 0 Å². The molecule has 1 aromatic carbocycles. The molecular weight excluding hydrogens is 228 g/mol. The van der Waals surface area contributed by atoms with Crippen LogP contribution in [-0.4, -0.2) is 40.6 Å². The Labute approximate surface area is 106 Å². The van der Waals surface area contributed by atoms with Crippen molar-refractivity contribution in [3.05, 3.63) is 36.0 Å². The highest BCUT2D eigenvalue weighted by molar-refractivity contribution is 5.97.